The molecule has 0 radical (unpaired) electrons. The third-order valence-corrected chi connectivity index (χ3v) is 5.54. The number of nitrogens with one attached hydrogen (secondary N) is 1. The molecule has 0 aromatic heterocycles. The lowest BCUT2D eigenvalue weighted by Crippen LogP contribution is -2.37. The molecular formula is C21H28N2O3S. The minimum Gasteiger partial charge on any atom is -0.325 e. The zero-order valence-corrected chi connectivity index (χ0v) is 17.4. The Bertz CT molecular complexity index is 871. The maximum atomic E-state index is 12.4. The molecule has 5 nitrogen and oxygen atoms in total. The van der Waals surface area contributed by atoms with Crippen LogP contribution >= 0.6 is 0 Å². The molecule has 146 valence electrons. The molecule has 0 atom stereocenters. The number of sulfonamides is 1. The van der Waals surface area contributed by atoms with Crippen molar-refractivity contribution in [3.63, 3.8) is 0 Å². The van der Waals surface area contributed by atoms with E-state index in [-0.39, 0.29) is 12.5 Å². The van der Waals surface area contributed by atoms with Crippen LogP contribution in [0.15, 0.2) is 48.5 Å². The molecule has 27 heavy (non-hydrogen) atoms. The standard InChI is InChI=1S/C21H28N2O3S/c1-15(2)17-6-10-19(11-7-17)22-21(24)14-23(27(5,25)26)20-12-8-18(9-13-20)16(3)4/h6-13,15-16H,14H2,1-5H3,(H,22,24). The lowest BCUT2D eigenvalue weighted by Gasteiger charge is -2.22. The largest absolute Gasteiger partial charge is 0.325 e. The first-order valence-corrected chi connectivity index (χ1v) is 10.9. The van der Waals surface area contributed by atoms with Gasteiger partial charge in [-0.2, -0.15) is 0 Å². The van der Waals surface area contributed by atoms with E-state index in [1.807, 2.05) is 36.4 Å². The highest BCUT2D eigenvalue weighted by molar-refractivity contribution is 7.92. The van der Waals surface area contributed by atoms with Crippen molar-refractivity contribution >= 4 is 27.3 Å². The molecular weight excluding hydrogens is 360 g/mol. The maximum absolute atomic E-state index is 12.4. The van der Waals surface area contributed by atoms with Crippen LogP contribution in [-0.2, 0) is 14.8 Å². The summed E-state index contributed by atoms with van der Waals surface area (Å²) in [6.45, 7) is 8.07. The monoisotopic (exact) mass is 388 g/mol. The molecule has 0 saturated carbocycles. The van der Waals surface area contributed by atoms with E-state index in [0.29, 0.717) is 23.2 Å². The van der Waals surface area contributed by atoms with E-state index in [0.717, 1.165) is 16.1 Å². The van der Waals surface area contributed by atoms with Crippen LogP contribution in [0.5, 0.6) is 0 Å². The number of amides is 1. The van der Waals surface area contributed by atoms with Crippen LogP contribution in [0.25, 0.3) is 0 Å². The fourth-order valence-electron chi connectivity index (χ4n) is 2.71. The Balaban J connectivity index is 2.15. The van der Waals surface area contributed by atoms with E-state index < -0.39 is 10.0 Å². The van der Waals surface area contributed by atoms with Crippen LogP contribution in [0.1, 0.15) is 50.7 Å². The second kappa shape index (κ2) is 8.57. The number of anilines is 2. The Morgan fingerprint density at radius 2 is 1.33 bits per heavy atom. The molecule has 0 bridgehead atoms. The molecule has 1 N–H and O–H groups in total. The maximum Gasteiger partial charge on any atom is 0.245 e. The molecule has 2 rings (SSSR count). The van der Waals surface area contributed by atoms with Gasteiger partial charge in [-0.1, -0.05) is 52.0 Å². The summed E-state index contributed by atoms with van der Waals surface area (Å²) in [4.78, 5) is 12.4. The molecule has 6 heteroatoms. The SMILES string of the molecule is CC(C)c1ccc(NC(=O)CN(c2ccc(C(C)C)cc2)S(C)(=O)=O)cc1. The van der Waals surface area contributed by atoms with Gasteiger partial charge in [0.2, 0.25) is 15.9 Å². The summed E-state index contributed by atoms with van der Waals surface area (Å²) in [6, 6.07) is 14.8. The van der Waals surface area contributed by atoms with Crippen LogP contribution < -0.4 is 9.62 Å². The molecule has 0 aliphatic heterocycles. The van der Waals surface area contributed by atoms with E-state index in [1.54, 1.807) is 12.1 Å². The van der Waals surface area contributed by atoms with Crippen molar-refractivity contribution in [3.8, 4) is 0 Å². The summed E-state index contributed by atoms with van der Waals surface area (Å²) < 4.78 is 25.5. The van der Waals surface area contributed by atoms with E-state index in [2.05, 4.69) is 33.0 Å². The second-order valence-electron chi connectivity index (χ2n) is 7.34. The van der Waals surface area contributed by atoms with Crippen LogP contribution in [-0.4, -0.2) is 27.1 Å². The minimum absolute atomic E-state index is 0.272. The highest BCUT2D eigenvalue weighted by Gasteiger charge is 2.21. The Morgan fingerprint density at radius 1 is 0.889 bits per heavy atom. The number of nitrogens with zero attached hydrogens (tertiary/aromatic N) is 1. The number of hydrogen-bond donors (Lipinski definition) is 1. The first-order chi connectivity index (χ1) is 12.6. The number of benzene rings is 2. The van der Waals surface area contributed by atoms with Crippen molar-refractivity contribution in [3.05, 3.63) is 59.7 Å². The van der Waals surface area contributed by atoms with Gasteiger partial charge in [0.15, 0.2) is 0 Å². The zero-order valence-electron chi connectivity index (χ0n) is 16.6. The lowest BCUT2D eigenvalue weighted by atomic mass is 10.0. The van der Waals surface area contributed by atoms with Crippen LogP contribution in [0, 0.1) is 0 Å². The first kappa shape index (κ1) is 21.0. The Labute approximate surface area is 162 Å². The molecule has 0 fully saturated rings. The molecule has 0 heterocycles. The van der Waals surface area contributed by atoms with E-state index in [9.17, 15) is 13.2 Å². The van der Waals surface area contributed by atoms with Gasteiger partial charge >= 0.3 is 0 Å². The number of hydrogen-bond acceptors (Lipinski definition) is 3. The Morgan fingerprint density at radius 3 is 1.74 bits per heavy atom. The van der Waals surface area contributed by atoms with Crippen LogP contribution in [0.2, 0.25) is 0 Å². The summed E-state index contributed by atoms with van der Waals surface area (Å²) in [6.07, 6.45) is 1.11. The van der Waals surface area contributed by atoms with Gasteiger partial charge in [-0.25, -0.2) is 8.42 Å². The highest BCUT2D eigenvalue weighted by atomic mass is 32.2. The van der Waals surface area contributed by atoms with Gasteiger partial charge in [-0.3, -0.25) is 9.10 Å². The van der Waals surface area contributed by atoms with Crippen LogP contribution in [0.3, 0.4) is 0 Å². The average Bonchev–Trinajstić information content (AvgIpc) is 2.59. The van der Waals surface area contributed by atoms with E-state index in [1.165, 1.54) is 5.56 Å². The first-order valence-electron chi connectivity index (χ1n) is 9.05. The van der Waals surface area contributed by atoms with Gasteiger partial charge in [0.05, 0.1) is 11.9 Å². The third-order valence-electron chi connectivity index (χ3n) is 4.40. The fourth-order valence-corrected chi connectivity index (χ4v) is 3.56. The van der Waals surface area contributed by atoms with E-state index >= 15 is 0 Å². The summed E-state index contributed by atoms with van der Waals surface area (Å²) >= 11 is 0. The summed E-state index contributed by atoms with van der Waals surface area (Å²) in [5.41, 5.74) is 3.41. The molecule has 0 unspecified atom stereocenters. The molecule has 2 aromatic rings. The summed E-state index contributed by atoms with van der Waals surface area (Å²) in [5, 5.41) is 2.76. The normalized spacial score (nSPS) is 11.7. The quantitative estimate of drug-likeness (QED) is 0.767. The van der Waals surface area contributed by atoms with Gasteiger partial charge in [0.1, 0.15) is 6.54 Å². The fraction of sp³-hybridized carbons (Fsp3) is 0.381. The van der Waals surface area contributed by atoms with Crippen molar-refractivity contribution in [2.24, 2.45) is 0 Å². The molecule has 0 spiro atoms. The van der Waals surface area contributed by atoms with Crippen LogP contribution in [0.4, 0.5) is 11.4 Å². The molecule has 1 amide bonds. The van der Waals surface area contributed by atoms with Crippen molar-refractivity contribution < 1.29 is 13.2 Å². The molecule has 0 aliphatic carbocycles. The minimum atomic E-state index is -3.58. The van der Waals surface area contributed by atoms with Crippen molar-refractivity contribution in [1.29, 1.82) is 0 Å². The topological polar surface area (TPSA) is 66.5 Å². The third kappa shape index (κ3) is 5.82. The van der Waals surface area contributed by atoms with Crippen molar-refractivity contribution in [1.82, 2.24) is 0 Å². The van der Waals surface area contributed by atoms with Gasteiger partial charge in [-0.05, 0) is 47.2 Å². The average molecular weight is 389 g/mol. The lowest BCUT2D eigenvalue weighted by molar-refractivity contribution is -0.114. The molecule has 0 aliphatic rings. The highest BCUT2D eigenvalue weighted by Crippen LogP contribution is 2.22. The summed E-state index contributed by atoms with van der Waals surface area (Å²) in [7, 11) is -3.58. The predicted octanol–water partition coefficient (Wildman–Crippen LogP) is 4.34. The summed E-state index contributed by atoms with van der Waals surface area (Å²) in [5.74, 6) is 0.373. The van der Waals surface area contributed by atoms with Gasteiger partial charge in [0.25, 0.3) is 0 Å². The Kier molecular flexibility index (Phi) is 6.65. The van der Waals surface area contributed by atoms with Gasteiger partial charge < -0.3 is 5.32 Å². The molecule has 0 saturated heterocycles. The Hall–Kier alpha value is -2.34. The number of rotatable bonds is 7. The van der Waals surface area contributed by atoms with Gasteiger partial charge in [0, 0.05) is 5.69 Å². The predicted molar refractivity (Wildman–Crippen MR) is 112 cm³/mol. The van der Waals surface area contributed by atoms with Crippen molar-refractivity contribution in [2.45, 2.75) is 39.5 Å². The van der Waals surface area contributed by atoms with E-state index in [4.69, 9.17) is 0 Å². The van der Waals surface area contributed by atoms with Crippen molar-refractivity contribution in [2.75, 3.05) is 22.4 Å². The smallest absolute Gasteiger partial charge is 0.245 e. The second-order valence-corrected chi connectivity index (χ2v) is 9.25. The zero-order chi connectivity index (χ0) is 20.2. The molecule has 2 aromatic carbocycles. The number of carbonyl (C=O) groups excluding carboxylic acids is 1. The number of carbonyl (C=O) groups is 1. The van der Waals surface area contributed by atoms with Gasteiger partial charge in [-0.15, -0.1) is 0 Å².